The zero-order chi connectivity index (χ0) is 24.8. The Bertz CT molecular complexity index is 1510. The fourth-order valence-electron chi connectivity index (χ4n) is 3.32. The molecule has 2 aromatic heterocycles. The maximum Gasteiger partial charge on any atom is 0.573 e. The van der Waals surface area contributed by atoms with Crippen molar-refractivity contribution >= 4 is 34.4 Å². The van der Waals surface area contributed by atoms with Gasteiger partial charge in [0.2, 0.25) is 0 Å². The Hall–Kier alpha value is -3.44. The number of rotatable bonds is 5. The van der Waals surface area contributed by atoms with Crippen LogP contribution in [0.25, 0.3) is 11.2 Å². The number of hydrogen-bond donors (Lipinski definition) is 0. The summed E-state index contributed by atoms with van der Waals surface area (Å²) in [5, 5.41) is 0.422. The van der Waals surface area contributed by atoms with E-state index in [0.29, 0.717) is 5.02 Å². The summed E-state index contributed by atoms with van der Waals surface area (Å²) >= 11 is 11.9. The minimum Gasteiger partial charge on any atom is -0.425 e. The largest absolute Gasteiger partial charge is 0.573 e. The van der Waals surface area contributed by atoms with E-state index >= 15 is 0 Å². The zero-order valence-electron chi connectivity index (χ0n) is 17.6. The molecule has 0 fully saturated rings. The van der Waals surface area contributed by atoms with Gasteiger partial charge in [0.05, 0.1) is 6.54 Å². The lowest BCUT2D eigenvalue weighted by atomic mass is 10.2. The molecular formula is C21H15Cl2F3N4O4. The van der Waals surface area contributed by atoms with Crippen molar-refractivity contribution in [3.05, 3.63) is 78.9 Å². The smallest absolute Gasteiger partial charge is 0.425 e. The van der Waals surface area contributed by atoms with Crippen molar-refractivity contribution in [3.8, 4) is 17.5 Å². The molecule has 4 aromatic rings. The maximum absolute atomic E-state index is 12.9. The third kappa shape index (κ3) is 4.75. The summed E-state index contributed by atoms with van der Waals surface area (Å²) in [6.45, 7) is 0.0862. The van der Waals surface area contributed by atoms with Gasteiger partial charge in [0, 0.05) is 30.2 Å². The van der Waals surface area contributed by atoms with Crippen molar-refractivity contribution in [2.24, 2.45) is 14.1 Å². The molecule has 8 nitrogen and oxygen atoms in total. The van der Waals surface area contributed by atoms with Crippen molar-refractivity contribution in [3.63, 3.8) is 0 Å². The molecule has 0 amide bonds. The van der Waals surface area contributed by atoms with E-state index in [0.717, 1.165) is 26.8 Å². The van der Waals surface area contributed by atoms with E-state index in [2.05, 4.69) is 9.72 Å². The summed E-state index contributed by atoms with van der Waals surface area (Å²) in [5.74, 6) is -0.722. The molecule has 0 aliphatic carbocycles. The van der Waals surface area contributed by atoms with Gasteiger partial charge in [-0.15, -0.1) is 13.2 Å². The summed E-state index contributed by atoms with van der Waals surface area (Å²) in [6, 6.07) is 9.81. The number of aryl methyl sites for hydroxylation is 1. The average Bonchev–Trinajstić information content (AvgIpc) is 3.08. The van der Waals surface area contributed by atoms with E-state index in [9.17, 15) is 22.8 Å². The van der Waals surface area contributed by atoms with Crippen LogP contribution in [0.15, 0.2) is 52.1 Å². The Morgan fingerprint density at radius 2 is 1.59 bits per heavy atom. The van der Waals surface area contributed by atoms with Crippen LogP contribution in [0, 0.1) is 0 Å². The second-order valence-electron chi connectivity index (χ2n) is 7.26. The first-order valence-corrected chi connectivity index (χ1v) is 10.3. The summed E-state index contributed by atoms with van der Waals surface area (Å²) in [6.07, 6.45) is -4.94. The minimum absolute atomic E-state index is 0.0332. The first kappa shape index (κ1) is 23.7. The van der Waals surface area contributed by atoms with Crippen LogP contribution in [-0.2, 0) is 20.6 Å². The molecule has 34 heavy (non-hydrogen) atoms. The lowest BCUT2D eigenvalue weighted by Crippen LogP contribution is -2.37. The molecule has 0 aliphatic rings. The molecule has 0 radical (unpaired) electrons. The Balaban J connectivity index is 1.88. The second kappa shape index (κ2) is 8.73. The number of hydrogen-bond acceptors (Lipinski definition) is 5. The monoisotopic (exact) mass is 514 g/mol. The molecule has 0 saturated carbocycles. The molecule has 0 aliphatic heterocycles. The number of aromatic nitrogens is 4. The van der Waals surface area contributed by atoms with E-state index in [1.807, 2.05) is 0 Å². The Labute approximate surface area is 199 Å². The standard InChI is InChI=1S/C21H15Cl2F3N4O4/c1-28-17-16(18(31)29(2)20(28)32)30(10-11-3-5-12(22)6-4-11)19(27-17)33-14-7-13(23)8-15(9-14)34-21(24,25)26/h3-9H,10H2,1-2H3. The van der Waals surface area contributed by atoms with Crippen LogP contribution in [0.1, 0.15) is 5.56 Å². The van der Waals surface area contributed by atoms with Crippen molar-refractivity contribution in [1.82, 2.24) is 18.7 Å². The number of alkyl halides is 3. The highest BCUT2D eigenvalue weighted by molar-refractivity contribution is 6.31. The summed E-state index contributed by atoms with van der Waals surface area (Å²) < 4.78 is 51.2. The van der Waals surface area contributed by atoms with E-state index in [1.54, 1.807) is 24.3 Å². The number of halogens is 5. The molecule has 0 unspecified atom stereocenters. The summed E-state index contributed by atoms with van der Waals surface area (Å²) in [4.78, 5) is 29.6. The van der Waals surface area contributed by atoms with Gasteiger partial charge in [0.25, 0.3) is 5.56 Å². The molecule has 2 heterocycles. The van der Waals surface area contributed by atoms with Crippen LogP contribution < -0.4 is 20.7 Å². The molecule has 13 heteroatoms. The van der Waals surface area contributed by atoms with Crippen LogP contribution >= 0.6 is 23.2 Å². The van der Waals surface area contributed by atoms with Gasteiger partial charge in [0.1, 0.15) is 11.5 Å². The maximum atomic E-state index is 12.9. The Morgan fingerprint density at radius 3 is 2.24 bits per heavy atom. The minimum atomic E-state index is -4.94. The van der Waals surface area contributed by atoms with Gasteiger partial charge in [-0.05, 0) is 29.8 Å². The van der Waals surface area contributed by atoms with Gasteiger partial charge in [-0.2, -0.15) is 4.98 Å². The molecule has 0 atom stereocenters. The first-order valence-electron chi connectivity index (χ1n) is 9.58. The Morgan fingerprint density at radius 1 is 0.941 bits per heavy atom. The molecule has 178 valence electrons. The van der Waals surface area contributed by atoms with E-state index in [4.69, 9.17) is 27.9 Å². The van der Waals surface area contributed by atoms with E-state index < -0.39 is 23.4 Å². The van der Waals surface area contributed by atoms with Crippen LogP contribution in [0.5, 0.6) is 17.5 Å². The van der Waals surface area contributed by atoms with Gasteiger partial charge in [0.15, 0.2) is 11.2 Å². The van der Waals surface area contributed by atoms with Crippen LogP contribution in [0.2, 0.25) is 10.0 Å². The molecule has 4 rings (SSSR count). The van der Waals surface area contributed by atoms with Crippen LogP contribution in [-0.4, -0.2) is 25.0 Å². The van der Waals surface area contributed by atoms with Gasteiger partial charge in [-0.1, -0.05) is 35.3 Å². The SMILES string of the molecule is Cn1c(=O)c2c(nc(Oc3cc(Cl)cc(OC(F)(F)F)c3)n2Cc2ccc(Cl)cc2)n(C)c1=O. The fourth-order valence-corrected chi connectivity index (χ4v) is 3.66. The number of ether oxygens (including phenoxy) is 2. The second-order valence-corrected chi connectivity index (χ2v) is 8.13. The Kier molecular flexibility index (Phi) is 6.09. The highest BCUT2D eigenvalue weighted by Crippen LogP contribution is 2.33. The summed E-state index contributed by atoms with van der Waals surface area (Å²) in [5.41, 5.74) is -0.420. The van der Waals surface area contributed by atoms with Crippen LogP contribution in [0.3, 0.4) is 0 Å². The lowest BCUT2D eigenvalue weighted by Gasteiger charge is -2.13. The highest BCUT2D eigenvalue weighted by Gasteiger charge is 2.31. The van der Waals surface area contributed by atoms with Crippen LogP contribution in [0.4, 0.5) is 13.2 Å². The normalized spacial score (nSPS) is 11.7. The molecule has 0 N–H and O–H groups in total. The van der Waals surface area contributed by atoms with E-state index in [1.165, 1.54) is 24.7 Å². The molecule has 0 spiro atoms. The molecular weight excluding hydrogens is 500 g/mol. The quantitative estimate of drug-likeness (QED) is 0.392. The number of benzene rings is 2. The number of fused-ring (bicyclic) bond motifs is 1. The fraction of sp³-hybridized carbons (Fsp3) is 0.190. The molecule has 0 saturated heterocycles. The van der Waals surface area contributed by atoms with Gasteiger partial charge >= 0.3 is 18.1 Å². The van der Waals surface area contributed by atoms with Gasteiger partial charge < -0.3 is 9.47 Å². The third-order valence-electron chi connectivity index (χ3n) is 4.85. The van der Waals surface area contributed by atoms with Crippen molar-refractivity contribution in [2.45, 2.75) is 12.9 Å². The van der Waals surface area contributed by atoms with Crippen molar-refractivity contribution in [1.29, 1.82) is 0 Å². The average molecular weight is 515 g/mol. The van der Waals surface area contributed by atoms with Crippen molar-refractivity contribution < 1.29 is 22.6 Å². The lowest BCUT2D eigenvalue weighted by molar-refractivity contribution is -0.274. The molecule has 2 aromatic carbocycles. The van der Waals surface area contributed by atoms with Crippen molar-refractivity contribution in [2.75, 3.05) is 0 Å². The number of nitrogens with zero attached hydrogens (tertiary/aromatic N) is 4. The topological polar surface area (TPSA) is 80.3 Å². The summed E-state index contributed by atoms with van der Waals surface area (Å²) in [7, 11) is 2.75. The predicted molar refractivity (Wildman–Crippen MR) is 119 cm³/mol. The van der Waals surface area contributed by atoms with Gasteiger partial charge in [-0.3, -0.25) is 18.5 Å². The highest BCUT2D eigenvalue weighted by atomic mass is 35.5. The first-order chi connectivity index (χ1) is 15.9. The molecule has 0 bridgehead atoms. The predicted octanol–water partition coefficient (Wildman–Crippen LogP) is 4.48. The van der Waals surface area contributed by atoms with Gasteiger partial charge in [-0.25, -0.2) is 4.79 Å². The number of imidazole rings is 1. The van der Waals surface area contributed by atoms with E-state index in [-0.39, 0.29) is 34.5 Å². The third-order valence-corrected chi connectivity index (χ3v) is 5.32. The zero-order valence-corrected chi connectivity index (χ0v) is 19.1.